The Labute approximate surface area is 249 Å². The van der Waals surface area contributed by atoms with Gasteiger partial charge in [-0.25, -0.2) is 13.2 Å². The lowest BCUT2D eigenvalue weighted by atomic mass is 9.87. The predicted octanol–water partition coefficient (Wildman–Crippen LogP) is 4.67. The lowest BCUT2D eigenvalue weighted by Gasteiger charge is -2.35. The zero-order valence-electron chi connectivity index (χ0n) is 25.1. The fraction of sp³-hybridized carbons (Fsp3) is 0.548. The van der Waals surface area contributed by atoms with Gasteiger partial charge in [0.2, 0.25) is 10.0 Å². The van der Waals surface area contributed by atoms with Crippen LogP contribution in [0.15, 0.2) is 53.4 Å². The van der Waals surface area contributed by atoms with Crippen molar-refractivity contribution in [1.29, 1.82) is 5.26 Å². The molecule has 0 spiro atoms. The van der Waals surface area contributed by atoms with Gasteiger partial charge in [-0.15, -0.1) is 0 Å². The number of rotatable bonds is 13. The standard InChI is InChI=1S/C31H43N3O7S/c1-30(2,3)41-29(36)33-25(19-23-11-7-6-8-12-23)26(35)21-34(22-31(4,5)15-9-10-16-32)42(37,38)24-13-14-27-28(20-24)40-18-17-39-27/h6-8,11-14,20,25-26,35H,9-10,15,17-19,21-22H2,1-5H3,(H,33,36)/t25-,26-/m0/s1. The van der Waals surface area contributed by atoms with Crippen LogP contribution in [0, 0.1) is 16.7 Å². The van der Waals surface area contributed by atoms with E-state index in [1.807, 2.05) is 44.2 Å². The smallest absolute Gasteiger partial charge is 0.407 e. The molecule has 1 amide bonds. The third kappa shape index (κ3) is 9.89. The zero-order chi connectivity index (χ0) is 31.0. The highest BCUT2D eigenvalue weighted by Crippen LogP contribution is 2.34. The van der Waals surface area contributed by atoms with Crippen molar-refractivity contribution in [3.05, 3.63) is 54.1 Å². The van der Waals surface area contributed by atoms with Gasteiger partial charge in [-0.3, -0.25) is 0 Å². The van der Waals surface area contributed by atoms with Crippen LogP contribution in [0.4, 0.5) is 4.79 Å². The first-order valence-corrected chi connectivity index (χ1v) is 15.6. The van der Waals surface area contributed by atoms with Crippen molar-refractivity contribution in [1.82, 2.24) is 9.62 Å². The van der Waals surface area contributed by atoms with E-state index in [1.54, 1.807) is 26.8 Å². The molecule has 2 aromatic carbocycles. The number of hydrogen-bond acceptors (Lipinski definition) is 8. The van der Waals surface area contributed by atoms with Crippen molar-refractivity contribution in [2.75, 3.05) is 26.3 Å². The van der Waals surface area contributed by atoms with Crippen LogP contribution >= 0.6 is 0 Å². The summed E-state index contributed by atoms with van der Waals surface area (Å²) in [6, 6.07) is 15.1. The van der Waals surface area contributed by atoms with Crippen LogP contribution in [-0.2, 0) is 21.2 Å². The van der Waals surface area contributed by atoms with E-state index < -0.39 is 39.3 Å². The maximum absolute atomic E-state index is 14.1. The molecule has 0 saturated heterocycles. The molecule has 0 radical (unpaired) electrons. The van der Waals surface area contributed by atoms with Gasteiger partial charge < -0.3 is 24.6 Å². The largest absolute Gasteiger partial charge is 0.486 e. The minimum atomic E-state index is -4.13. The van der Waals surface area contributed by atoms with Crippen molar-refractivity contribution < 1.29 is 32.5 Å². The summed E-state index contributed by atoms with van der Waals surface area (Å²) in [6.45, 7) is 9.57. The van der Waals surface area contributed by atoms with E-state index in [9.17, 15) is 18.3 Å². The second kappa shape index (κ2) is 14.2. The van der Waals surface area contributed by atoms with Gasteiger partial charge in [0.05, 0.1) is 23.1 Å². The van der Waals surface area contributed by atoms with Crippen LogP contribution in [0.1, 0.15) is 59.4 Å². The topological polar surface area (TPSA) is 138 Å². The number of benzene rings is 2. The number of alkyl carbamates (subject to hydrolysis) is 1. The van der Waals surface area contributed by atoms with Crippen LogP contribution in [0.3, 0.4) is 0 Å². The highest BCUT2D eigenvalue weighted by atomic mass is 32.2. The molecule has 0 aliphatic carbocycles. The van der Waals surface area contributed by atoms with Crippen molar-refractivity contribution in [3.63, 3.8) is 0 Å². The van der Waals surface area contributed by atoms with E-state index in [2.05, 4.69) is 11.4 Å². The second-order valence-corrected chi connectivity index (χ2v) is 14.2. The lowest BCUT2D eigenvalue weighted by Crippen LogP contribution is -2.52. The monoisotopic (exact) mass is 601 g/mol. The van der Waals surface area contributed by atoms with Gasteiger partial charge in [0.25, 0.3) is 0 Å². The summed E-state index contributed by atoms with van der Waals surface area (Å²) in [6.07, 6.45) is -0.154. The molecule has 0 fully saturated rings. The molecule has 0 aromatic heterocycles. The van der Waals surface area contributed by atoms with Crippen LogP contribution in [0.25, 0.3) is 0 Å². The first-order valence-electron chi connectivity index (χ1n) is 14.2. The molecule has 0 bridgehead atoms. The Morgan fingerprint density at radius 1 is 1.10 bits per heavy atom. The molecular formula is C31H43N3O7S. The Balaban J connectivity index is 1.93. The number of fused-ring (bicyclic) bond motifs is 1. The molecule has 0 saturated carbocycles. The van der Waals surface area contributed by atoms with E-state index in [4.69, 9.17) is 19.5 Å². The van der Waals surface area contributed by atoms with Gasteiger partial charge in [-0.05, 0) is 63.1 Å². The number of aliphatic hydroxyl groups is 1. The number of sulfonamides is 1. The Morgan fingerprint density at radius 2 is 1.76 bits per heavy atom. The average molecular weight is 602 g/mol. The number of amides is 1. The van der Waals surface area contributed by atoms with Crippen LogP contribution in [-0.4, -0.2) is 68.0 Å². The van der Waals surface area contributed by atoms with Crippen molar-refractivity contribution in [3.8, 4) is 17.6 Å². The van der Waals surface area contributed by atoms with E-state index in [1.165, 1.54) is 16.4 Å². The quantitative estimate of drug-likeness (QED) is 0.316. The summed E-state index contributed by atoms with van der Waals surface area (Å²) < 4.78 is 46.1. The first-order chi connectivity index (χ1) is 19.7. The third-order valence-electron chi connectivity index (χ3n) is 6.75. The molecule has 2 atom stereocenters. The lowest BCUT2D eigenvalue weighted by molar-refractivity contribution is 0.0391. The highest BCUT2D eigenvalue weighted by molar-refractivity contribution is 7.89. The SMILES string of the molecule is CC(C)(CCCC#N)CN(C[C@H](O)[C@H](Cc1ccccc1)NC(=O)OC(C)(C)C)S(=O)(=O)c1ccc2c(c1)OCCO2. The summed E-state index contributed by atoms with van der Waals surface area (Å²) in [5.41, 5.74) is -0.408. The van der Waals surface area contributed by atoms with Gasteiger partial charge in [0, 0.05) is 25.6 Å². The van der Waals surface area contributed by atoms with Crippen molar-refractivity contribution in [2.45, 2.75) is 82.9 Å². The van der Waals surface area contributed by atoms with E-state index in [0.717, 1.165) is 5.56 Å². The van der Waals surface area contributed by atoms with Gasteiger partial charge in [-0.2, -0.15) is 9.57 Å². The maximum Gasteiger partial charge on any atom is 0.407 e. The molecule has 1 aliphatic rings. The number of ether oxygens (including phenoxy) is 3. The summed E-state index contributed by atoms with van der Waals surface area (Å²) in [5, 5.41) is 23.3. The Kier molecular flexibility index (Phi) is 11.2. The van der Waals surface area contributed by atoms with Crippen LogP contribution in [0.5, 0.6) is 11.5 Å². The minimum absolute atomic E-state index is 0.00601. The number of carbonyl (C=O) groups is 1. The number of nitrogens with one attached hydrogen (secondary N) is 1. The fourth-order valence-corrected chi connectivity index (χ4v) is 6.39. The van der Waals surface area contributed by atoms with Crippen LogP contribution in [0.2, 0.25) is 0 Å². The van der Waals surface area contributed by atoms with Gasteiger partial charge in [0.15, 0.2) is 11.5 Å². The van der Waals surface area contributed by atoms with Crippen molar-refractivity contribution in [2.24, 2.45) is 5.41 Å². The van der Waals surface area contributed by atoms with Gasteiger partial charge in [0.1, 0.15) is 18.8 Å². The number of nitrogens with zero attached hydrogens (tertiary/aromatic N) is 2. The zero-order valence-corrected chi connectivity index (χ0v) is 25.9. The molecule has 1 heterocycles. The van der Waals surface area contributed by atoms with E-state index in [-0.39, 0.29) is 24.4 Å². The Bertz CT molecular complexity index is 1330. The van der Waals surface area contributed by atoms with Gasteiger partial charge in [-0.1, -0.05) is 44.2 Å². The number of unbranched alkanes of at least 4 members (excludes halogenated alkanes) is 1. The summed E-state index contributed by atoms with van der Waals surface area (Å²) in [7, 11) is -4.13. The summed E-state index contributed by atoms with van der Waals surface area (Å²) >= 11 is 0. The van der Waals surface area contributed by atoms with Crippen LogP contribution < -0.4 is 14.8 Å². The number of carbonyl (C=O) groups excluding carboxylic acids is 1. The molecule has 10 nitrogen and oxygen atoms in total. The van der Waals surface area contributed by atoms with E-state index >= 15 is 0 Å². The molecule has 230 valence electrons. The summed E-state index contributed by atoms with van der Waals surface area (Å²) in [4.78, 5) is 12.8. The average Bonchev–Trinajstić information content (AvgIpc) is 2.91. The molecule has 1 aliphatic heterocycles. The third-order valence-corrected chi connectivity index (χ3v) is 8.56. The minimum Gasteiger partial charge on any atom is -0.486 e. The fourth-order valence-electron chi connectivity index (χ4n) is 4.73. The second-order valence-electron chi connectivity index (χ2n) is 12.3. The first kappa shape index (κ1) is 33.2. The Hall–Kier alpha value is -3.33. The predicted molar refractivity (Wildman–Crippen MR) is 159 cm³/mol. The number of hydrogen-bond donors (Lipinski definition) is 2. The molecule has 3 rings (SSSR count). The highest BCUT2D eigenvalue weighted by Gasteiger charge is 2.35. The molecule has 2 N–H and O–H groups in total. The molecule has 42 heavy (non-hydrogen) atoms. The Morgan fingerprint density at radius 3 is 2.40 bits per heavy atom. The normalized spacial score (nSPS) is 15.0. The van der Waals surface area contributed by atoms with Crippen molar-refractivity contribution >= 4 is 16.1 Å². The number of nitriles is 1. The summed E-state index contributed by atoms with van der Waals surface area (Å²) in [5.74, 6) is 0.803. The maximum atomic E-state index is 14.1. The molecular weight excluding hydrogens is 558 g/mol. The van der Waals surface area contributed by atoms with E-state index in [0.29, 0.717) is 44.0 Å². The number of aliphatic hydroxyl groups excluding tert-OH is 1. The van der Waals surface area contributed by atoms with Gasteiger partial charge >= 0.3 is 6.09 Å². The molecule has 2 aromatic rings. The molecule has 11 heteroatoms. The molecule has 0 unspecified atom stereocenters.